The number of rotatable bonds is 4. The molecule has 7 heteroatoms. The Morgan fingerprint density at radius 2 is 1.97 bits per heavy atom. The van der Waals surface area contributed by atoms with Crippen LogP contribution in [0.2, 0.25) is 10.0 Å². The molecule has 0 radical (unpaired) electrons. The van der Waals surface area contributed by atoms with Crippen LogP contribution in [0.3, 0.4) is 0 Å². The molecule has 1 aliphatic carbocycles. The maximum absolute atomic E-state index is 12.9. The van der Waals surface area contributed by atoms with Crippen molar-refractivity contribution in [3.05, 3.63) is 85.4 Å². The minimum atomic E-state index is -0.504. The molecule has 0 fully saturated rings. The van der Waals surface area contributed by atoms with E-state index in [2.05, 4.69) is 25.1 Å². The number of nitrogens with two attached hydrogens (primary N) is 1. The average molecular weight is 485 g/mol. The summed E-state index contributed by atoms with van der Waals surface area (Å²) in [7, 11) is 0. The molecule has 2 aromatic carbocycles. The number of nitrogens with zero attached hydrogens (tertiary/aromatic N) is 1. The zero-order valence-corrected chi connectivity index (χ0v) is 20.1. The van der Waals surface area contributed by atoms with E-state index in [1.54, 1.807) is 23.9 Å². The van der Waals surface area contributed by atoms with Gasteiger partial charge < -0.3 is 10.5 Å². The quantitative estimate of drug-likeness (QED) is 0.487. The van der Waals surface area contributed by atoms with E-state index in [-0.39, 0.29) is 11.7 Å². The Bertz CT molecular complexity index is 1230. The zero-order valence-electron chi connectivity index (χ0n) is 17.8. The topological polar surface area (TPSA) is 76.1 Å². The first-order valence-electron chi connectivity index (χ1n) is 10.3. The first kappa shape index (κ1) is 22.8. The SMILES string of the molecule is Cc1cc(C)c([C@@H]2C(C#N)=C(N)OC3=C2C(=O)CCC3)cc1CSc1cc(Cl)ccc1Cl. The van der Waals surface area contributed by atoms with Crippen molar-refractivity contribution in [1.82, 2.24) is 0 Å². The summed E-state index contributed by atoms with van der Waals surface area (Å²) in [6, 6.07) is 11.8. The predicted molar refractivity (Wildman–Crippen MR) is 128 cm³/mol. The molecule has 2 aromatic rings. The molecule has 0 saturated carbocycles. The number of ketones is 1. The van der Waals surface area contributed by atoms with E-state index in [1.165, 1.54) is 0 Å². The minimum Gasteiger partial charge on any atom is -0.444 e. The number of benzene rings is 2. The Morgan fingerprint density at radius 1 is 1.19 bits per heavy atom. The lowest BCUT2D eigenvalue weighted by Crippen LogP contribution is -2.27. The Hall–Kier alpha value is -2.39. The second kappa shape index (κ2) is 9.23. The molecule has 0 aromatic heterocycles. The molecule has 4 rings (SSSR count). The van der Waals surface area contributed by atoms with E-state index >= 15 is 0 Å². The molecular weight excluding hydrogens is 463 g/mol. The van der Waals surface area contributed by atoms with Crippen LogP contribution in [0.4, 0.5) is 0 Å². The largest absolute Gasteiger partial charge is 0.444 e. The van der Waals surface area contributed by atoms with Crippen LogP contribution in [0, 0.1) is 25.2 Å². The van der Waals surface area contributed by atoms with E-state index in [0.717, 1.165) is 33.6 Å². The Morgan fingerprint density at radius 3 is 2.72 bits per heavy atom. The molecule has 0 spiro atoms. The summed E-state index contributed by atoms with van der Waals surface area (Å²) in [4.78, 5) is 13.8. The van der Waals surface area contributed by atoms with Gasteiger partial charge in [-0.2, -0.15) is 5.26 Å². The fourth-order valence-electron chi connectivity index (χ4n) is 4.29. The van der Waals surface area contributed by atoms with Gasteiger partial charge in [0.1, 0.15) is 17.4 Å². The molecule has 32 heavy (non-hydrogen) atoms. The second-order valence-electron chi connectivity index (χ2n) is 8.04. The van der Waals surface area contributed by atoms with Crippen LogP contribution in [0.15, 0.2) is 58.0 Å². The number of thioether (sulfide) groups is 1. The van der Waals surface area contributed by atoms with Gasteiger partial charge in [0.25, 0.3) is 0 Å². The number of Topliss-reactive ketones (excluding diaryl/α,β-unsaturated/α-hetero) is 1. The van der Waals surface area contributed by atoms with Gasteiger partial charge >= 0.3 is 0 Å². The Labute approximate surface area is 202 Å². The summed E-state index contributed by atoms with van der Waals surface area (Å²) in [6.45, 7) is 4.06. The third-order valence-corrected chi connectivity index (χ3v) is 7.70. The van der Waals surface area contributed by atoms with Crippen molar-refractivity contribution in [3.63, 3.8) is 0 Å². The van der Waals surface area contributed by atoms with Crippen molar-refractivity contribution in [3.8, 4) is 6.07 Å². The number of carbonyl (C=O) groups is 1. The molecule has 1 aliphatic heterocycles. The van der Waals surface area contributed by atoms with Gasteiger partial charge in [0.05, 0.1) is 10.9 Å². The van der Waals surface area contributed by atoms with E-state index in [4.69, 9.17) is 33.7 Å². The van der Waals surface area contributed by atoms with Gasteiger partial charge in [-0.3, -0.25) is 4.79 Å². The third-order valence-electron chi connectivity index (χ3n) is 5.92. The maximum atomic E-state index is 12.9. The lowest BCUT2D eigenvalue weighted by Gasteiger charge is -2.32. The van der Waals surface area contributed by atoms with Gasteiger partial charge in [0.15, 0.2) is 5.78 Å². The van der Waals surface area contributed by atoms with Gasteiger partial charge in [-0.25, -0.2) is 0 Å². The average Bonchev–Trinajstić information content (AvgIpc) is 2.75. The highest BCUT2D eigenvalue weighted by Crippen LogP contribution is 2.45. The summed E-state index contributed by atoms with van der Waals surface area (Å²) in [6.07, 6.45) is 1.84. The van der Waals surface area contributed by atoms with Crippen molar-refractivity contribution in [1.29, 1.82) is 5.26 Å². The normalized spacial score (nSPS) is 18.3. The number of hydrogen-bond donors (Lipinski definition) is 1. The van der Waals surface area contributed by atoms with Crippen molar-refractivity contribution in [2.45, 2.75) is 49.7 Å². The highest BCUT2D eigenvalue weighted by atomic mass is 35.5. The van der Waals surface area contributed by atoms with Crippen LogP contribution in [-0.4, -0.2) is 5.78 Å². The zero-order chi connectivity index (χ0) is 23.0. The van der Waals surface area contributed by atoms with Gasteiger partial charge in [0.2, 0.25) is 5.88 Å². The highest BCUT2D eigenvalue weighted by Gasteiger charge is 2.38. The van der Waals surface area contributed by atoms with E-state index in [1.807, 2.05) is 13.0 Å². The molecular formula is C25H22Cl2N2O2S. The Balaban J connectivity index is 1.76. The summed E-state index contributed by atoms with van der Waals surface area (Å²) < 4.78 is 5.70. The second-order valence-corrected chi connectivity index (χ2v) is 9.90. The van der Waals surface area contributed by atoms with Crippen molar-refractivity contribution < 1.29 is 9.53 Å². The molecule has 2 N–H and O–H groups in total. The number of hydrogen-bond acceptors (Lipinski definition) is 5. The van der Waals surface area contributed by atoms with Crippen LogP contribution in [0.5, 0.6) is 0 Å². The molecule has 0 unspecified atom stereocenters. The van der Waals surface area contributed by atoms with Crippen molar-refractivity contribution in [2.75, 3.05) is 0 Å². The maximum Gasteiger partial charge on any atom is 0.205 e. The number of halogens is 2. The van der Waals surface area contributed by atoms with Gasteiger partial charge in [-0.15, -0.1) is 11.8 Å². The first-order valence-corrected chi connectivity index (χ1v) is 12.1. The van der Waals surface area contributed by atoms with Crippen LogP contribution < -0.4 is 5.73 Å². The number of nitriles is 1. The van der Waals surface area contributed by atoms with Gasteiger partial charge in [-0.1, -0.05) is 35.3 Å². The monoisotopic (exact) mass is 484 g/mol. The molecule has 2 aliphatic rings. The van der Waals surface area contributed by atoms with E-state index < -0.39 is 5.92 Å². The number of aryl methyl sites for hydroxylation is 2. The fraction of sp³-hybridized carbons (Fsp3) is 0.280. The lowest BCUT2D eigenvalue weighted by molar-refractivity contribution is -0.116. The molecule has 164 valence electrons. The van der Waals surface area contributed by atoms with Crippen LogP contribution in [0.1, 0.15) is 47.4 Å². The number of ether oxygens (including phenoxy) is 1. The minimum absolute atomic E-state index is 0.0260. The molecule has 1 atom stereocenters. The predicted octanol–water partition coefficient (Wildman–Crippen LogP) is 6.72. The van der Waals surface area contributed by atoms with Gasteiger partial charge in [-0.05, 0) is 60.7 Å². The summed E-state index contributed by atoms with van der Waals surface area (Å²) in [5.41, 5.74) is 11.1. The van der Waals surface area contributed by atoms with Crippen LogP contribution >= 0.6 is 35.0 Å². The highest BCUT2D eigenvalue weighted by molar-refractivity contribution is 7.98. The third kappa shape index (κ3) is 4.28. The summed E-state index contributed by atoms with van der Waals surface area (Å²) >= 11 is 14.1. The molecule has 4 nitrogen and oxygen atoms in total. The van der Waals surface area contributed by atoms with Crippen molar-refractivity contribution >= 4 is 40.7 Å². The smallest absolute Gasteiger partial charge is 0.205 e. The lowest BCUT2D eigenvalue weighted by atomic mass is 9.76. The van der Waals surface area contributed by atoms with Crippen LogP contribution in [0.25, 0.3) is 0 Å². The van der Waals surface area contributed by atoms with Crippen LogP contribution in [-0.2, 0) is 15.3 Å². The van der Waals surface area contributed by atoms with Crippen molar-refractivity contribution in [2.24, 2.45) is 5.73 Å². The molecule has 0 amide bonds. The standard InChI is InChI=1S/C25H22Cl2N2O2S/c1-13-8-14(2)17(9-15(13)12-32-22-10-16(26)6-7-19(22)27)23-18(11-28)25(29)31-21-5-3-4-20(30)24(21)23/h6-10,23H,3-5,12,29H2,1-2H3/t23-/m1/s1. The summed E-state index contributed by atoms with van der Waals surface area (Å²) in [5.74, 6) is 0.884. The molecule has 0 saturated heterocycles. The van der Waals surface area contributed by atoms with E-state index in [0.29, 0.717) is 45.5 Å². The van der Waals surface area contributed by atoms with E-state index in [9.17, 15) is 10.1 Å². The number of allylic oxidation sites excluding steroid dienone is 3. The van der Waals surface area contributed by atoms with Gasteiger partial charge in [0, 0.05) is 34.1 Å². The molecule has 1 heterocycles. The number of carbonyl (C=O) groups excluding carboxylic acids is 1. The first-order chi connectivity index (χ1) is 15.3. The molecule has 0 bridgehead atoms. The summed E-state index contributed by atoms with van der Waals surface area (Å²) in [5, 5.41) is 11.1. The Kier molecular flexibility index (Phi) is 6.57. The fourth-order valence-corrected chi connectivity index (χ4v) is 5.85.